The monoisotopic (exact) mass is 213 g/mol. The molecule has 1 aliphatic carbocycles. The van der Waals surface area contributed by atoms with Crippen molar-refractivity contribution < 1.29 is 9.31 Å². The Balaban J connectivity index is 2.55. The van der Waals surface area contributed by atoms with E-state index in [-0.39, 0.29) is 23.5 Å². The summed E-state index contributed by atoms with van der Waals surface area (Å²) in [4.78, 5) is 9.91. The van der Waals surface area contributed by atoms with Crippen LogP contribution < -0.4 is 11.5 Å². The van der Waals surface area contributed by atoms with E-state index in [0.717, 1.165) is 6.08 Å². The normalized spacial score (nSPS) is 24.5. The van der Waals surface area contributed by atoms with Crippen molar-refractivity contribution >= 4 is 11.6 Å². The van der Waals surface area contributed by atoms with Crippen LogP contribution in [0.15, 0.2) is 6.08 Å². The highest BCUT2D eigenvalue weighted by atomic mass is 19.1. The summed E-state index contributed by atoms with van der Waals surface area (Å²) in [5, 5.41) is 16.6. The molecule has 5 N–H and O–H groups in total. The number of halogens is 1. The summed E-state index contributed by atoms with van der Waals surface area (Å²) in [5.74, 6) is -0.774. The van der Waals surface area contributed by atoms with Crippen LogP contribution in [0.4, 0.5) is 10.2 Å². The van der Waals surface area contributed by atoms with Gasteiger partial charge in [0, 0.05) is 16.6 Å². The minimum atomic E-state index is -1.95. The molecule has 0 saturated carbocycles. The van der Waals surface area contributed by atoms with Gasteiger partial charge in [-0.05, 0) is 0 Å². The average Bonchev–Trinajstić information content (AvgIpc) is 2.48. The molecule has 15 heavy (non-hydrogen) atoms. The number of anilines is 1. The van der Waals surface area contributed by atoms with Crippen molar-refractivity contribution in [2.75, 3.05) is 5.73 Å². The zero-order chi connectivity index (χ0) is 11.2. The molecule has 0 bridgehead atoms. The lowest BCUT2D eigenvalue weighted by Gasteiger charge is -2.20. The predicted octanol–water partition coefficient (Wildman–Crippen LogP) is -0.210. The molecule has 1 unspecified atom stereocenters. The molecule has 1 aromatic rings. The predicted molar refractivity (Wildman–Crippen MR) is 49.7 cm³/mol. The lowest BCUT2D eigenvalue weighted by atomic mass is 9.94. The van der Waals surface area contributed by atoms with Crippen LogP contribution >= 0.6 is 0 Å². The Labute approximate surface area is 83.1 Å². The van der Waals surface area contributed by atoms with Crippen LogP contribution in [-0.2, 0) is 6.42 Å². The van der Waals surface area contributed by atoms with E-state index in [1.54, 1.807) is 0 Å². The van der Waals surface area contributed by atoms with Crippen LogP contribution in [-0.4, -0.2) is 20.8 Å². The zero-order valence-electron chi connectivity index (χ0n) is 7.53. The summed E-state index contributed by atoms with van der Waals surface area (Å²) in [6.45, 7) is 0. The molecule has 0 spiro atoms. The summed E-state index contributed by atoms with van der Waals surface area (Å²) in [6.07, 6.45) is 0.581. The van der Waals surface area contributed by atoms with Crippen LogP contribution in [0.3, 0.4) is 0 Å². The molecule has 8 heteroatoms. The molecule has 1 atom stereocenters. The molecular weight excluding hydrogens is 205 g/mol. The minimum Gasteiger partial charge on any atom is -0.382 e. The fourth-order valence-corrected chi connectivity index (χ4v) is 1.50. The Morgan fingerprint density at radius 1 is 1.73 bits per heavy atom. The van der Waals surface area contributed by atoms with Crippen molar-refractivity contribution in [3.8, 4) is 0 Å². The second-order valence-corrected chi connectivity index (χ2v) is 3.38. The SMILES string of the molecule is Nc1n[nH]c2c1CC(N)([N+](=O)[O-])C=C2F. The number of nitrogen functional groups attached to an aromatic ring is 1. The van der Waals surface area contributed by atoms with Gasteiger partial charge < -0.3 is 5.73 Å². The number of rotatable bonds is 1. The van der Waals surface area contributed by atoms with E-state index in [0.29, 0.717) is 0 Å². The molecule has 0 aromatic carbocycles. The van der Waals surface area contributed by atoms with Gasteiger partial charge in [0.15, 0.2) is 5.83 Å². The van der Waals surface area contributed by atoms with Gasteiger partial charge in [-0.3, -0.25) is 20.9 Å². The van der Waals surface area contributed by atoms with E-state index in [1.165, 1.54) is 0 Å². The van der Waals surface area contributed by atoms with E-state index < -0.39 is 16.4 Å². The number of hydrogen-bond acceptors (Lipinski definition) is 5. The summed E-state index contributed by atoms with van der Waals surface area (Å²) in [6, 6.07) is 0. The van der Waals surface area contributed by atoms with Crippen LogP contribution in [0.1, 0.15) is 11.3 Å². The molecule has 0 saturated heterocycles. The number of nitrogens with two attached hydrogens (primary N) is 2. The summed E-state index contributed by atoms with van der Waals surface area (Å²) < 4.78 is 13.4. The fraction of sp³-hybridized carbons (Fsp3) is 0.286. The summed E-state index contributed by atoms with van der Waals surface area (Å²) in [7, 11) is 0. The summed E-state index contributed by atoms with van der Waals surface area (Å²) >= 11 is 0. The number of aromatic amines is 1. The van der Waals surface area contributed by atoms with Crippen LogP contribution in [0.5, 0.6) is 0 Å². The molecule has 1 aromatic heterocycles. The van der Waals surface area contributed by atoms with Gasteiger partial charge in [-0.1, -0.05) is 0 Å². The van der Waals surface area contributed by atoms with Gasteiger partial charge in [0.05, 0.1) is 12.1 Å². The maximum absolute atomic E-state index is 13.4. The third-order valence-electron chi connectivity index (χ3n) is 2.31. The second-order valence-electron chi connectivity index (χ2n) is 3.38. The topological polar surface area (TPSA) is 124 Å². The third kappa shape index (κ3) is 1.26. The number of hydrogen-bond donors (Lipinski definition) is 3. The van der Waals surface area contributed by atoms with Gasteiger partial charge in [-0.15, -0.1) is 0 Å². The van der Waals surface area contributed by atoms with Crippen molar-refractivity contribution in [3.63, 3.8) is 0 Å². The van der Waals surface area contributed by atoms with Gasteiger partial charge in [-0.2, -0.15) is 5.10 Å². The molecular formula is C7H8FN5O2. The number of H-pyrrole nitrogens is 1. The highest BCUT2D eigenvalue weighted by molar-refractivity contribution is 5.67. The van der Waals surface area contributed by atoms with E-state index in [4.69, 9.17) is 11.5 Å². The number of fused-ring (bicyclic) bond motifs is 1. The first-order valence-electron chi connectivity index (χ1n) is 4.09. The molecule has 0 amide bonds. The first-order chi connectivity index (χ1) is 6.94. The lowest BCUT2D eigenvalue weighted by molar-refractivity contribution is -0.553. The smallest absolute Gasteiger partial charge is 0.298 e. The van der Waals surface area contributed by atoms with Crippen molar-refractivity contribution in [1.82, 2.24) is 10.2 Å². The Morgan fingerprint density at radius 3 is 3.00 bits per heavy atom. The first kappa shape index (κ1) is 9.59. The van der Waals surface area contributed by atoms with Gasteiger partial charge in [0.1, 0.15) is 5.82 Å². The maximum atomic E-state index is 13.4. The quantitative estimate of drug-likeness (QED) is 0.338. The van der Waals surface area contributed by atoms with Crippen molar-refractivity contribution in [2.24, 2.45) is 5.73 Å². The van der Waals surface area contributed by atoms with Gasteiger partial charge in [-0.25, -0.2) is 4.39 Å². The molecule has 0 radical (unpaired) electrons. The van der Waals surface area contributed by atoms with Gasteiger partial charge in [0.2, 0.25) is 0 Å². The summed E-state index contributed by atoms with van der Waals surface area (Å²) in [5.41, 5.74) is 9.21. The van der Waals surface area contributed by atoms with E-state index >= 15 is 0 Å². The van der Waals surface area contributed by atoms with Crippen LogP contribution in [0.25, 0.3) is 5.83 Å². The molecule has 0 fully saturated rings. The highest BCUT2D eigenvalue weighted by Crippen LogP contribution is 2.32. The molecule has 0 aliphatic heterocycles. The molecule has 1 aliphatic rings. The molecule has 7 nitrogen and oxygen atoms in total. The number of nitrogens with one attached hydrogen (secondary N) is 1. The first-order valence-corrected chi connectivity index (χ1v) is 4.09. The Morgan fingerprint density at radius 2 is 2.40 bits per heavy atom. The van der Waals surface area contributed by atoms with Crippen molar-refractivity contribution in [1.29, 1.82) is 0 Å². The van der Waals surface area contributed by atoms with Crippen molar-refractivity contribution in [3.05, 3.63) is 27.4 Å². The molecule has 2 rings (SSSR count). The van der Waals surface area contributed by atoms with E-state index in [2.05, 4.69) is 10.2 Å². The zero-order valence-corrected chi connectivity index (χ0v) is 7.53. The maximum Gasteiger partial charge on any atom is 0.298 e. The number of nitro groups is 1. The van der Waals surface area contributed by atoms with Crippen LogP contribution in [0.2, 0.25) is 0 Å². The Kier molecular flexibility index (Phi) is 1.77. The highest BCUT2D eigenvalue weighted by Gasteiger charge is 2.43. The largest absolute Gasteiger partial charge is 0.382 e. The van der Waals surface area contributed by atoms with Crippen molar-refractivity contribution in [2.45, 2.75) is 12.1 Å². The fourth-order valence-electron chi connectivity index (χ4n) is 1.50. The third-order valence-corrected chi connectivity index (χ3v) is 2.31. The van der Waals surface area contributed by atoms with E-state index in [9.17, 15) is 14.5 Å². The lowest BCUT2D eigenvalue weighted by Crippen LogP contribution is -2.49. The standard InChI is InChI=1S/C7H8FN5O2/c8-4-2-7(10,13(14)15)1-3-5(4)11-12-6(3)9/h2H,1,10H2,(H3,9,11,12). The number of aromatic nitrogens is 2. The Hall–Kier alpha value is -1.96. The Bertz CT molecular complexity index is 468. The molecule has 80 valence electrons. The minimum absolute atomic E-state index is 0.0323. The van der Waals surface area contributed by atoms with Gasteiger partial charge in [0.25, 0.3) is 5.66 Å². The molecule has 1 heterocycles. The second kappa shape index (κ2) is 2.76. The average molecular weight is 213 g/mol. The van der Waals surface area contributed by atoms with Crippen LogP contribution in [0, 0.1) is 10.1 Å². The van der Waals surface area contributed by atoms with Gasteiger partial charge >= 0.3 is 0 Å². The van der Waals surface area contributed by atoms with E-state index in [1.807, 2.05) is 0 Å². The number of nitrogens with zero attached hydrogens (tertiary/aromatic N) is 2.